The molecule has 16 heavy (non-hydrogen) atoms. The number of aromatic amines is 1. The molecule has 3 rings (SSSR count). The van der Waals surface area contributed by atoms with Crippen LogP contribution in [0, 0.1) is 0 Å². The van der Waals surface area contributed by atoms with E-state index in [0.717, 1.165) is 26.6 Å². The number of H-pyrrole nitrogens is 1. The Bertz CT molecular complexity index is 634. The van der Waals surface area contributed by atoms with Crippen LogP contribution in [0.15, 0.2) is 41.4 Å². The van der Waals surface area contributed by atoms with E-state index in [1.165, 1.54) is 0 Å². The molecule has 78 valence electrons. The van der Waals surface area contributed by atoms with Crippen LogP contribution < -0.4 is 0 Å². The summed E-state index contributed by atoms with van der Waals surface area (Å²) in [5.41, 5.74) is 2.78. The minimum atomic E-state index is 0.895. The molecule has 0 spiro atoms. The molecule has 0 fully saturated rings. The highest BCUT2D eigenvalue weighted by Gasteiger charge is 2.06. The zero-order valence-corrected chi connectivity index (χ0v) is 9.77. The van der Waals surface area contributed by atoms with Gasteiger partial charge in [0.2, 0.25) is 0 Å². The van der Waals surface area contributed by atoms with Crippen molar-refractivity contribution in [1.82, 2.24) is 20.2 Å². The highest BCUT2D eigenvalue weighted by molar-refractivity contribution is 9.10. The topological polar surface area (TPSA) is 54.5 Å². The van der Waals surface area contributed by atoms with E-state index in [4.69, 9.17) is 0 Å². The molecule has 2 heterocycles. The Balaban J connectivity index is 2.34. The fourth-order valence-electron chi connectivity index (χ4n) is 1.64. The minimum Gasteiger partial charge on any atom is -0.285 e. The molecule has 1 aromatic carbocycles. The summed E-state index contributed by atoms with van der Waals surface area (Å²) >= 11 is 3.43. The lowest BCUT2D eigenvalue weighted by molar-refractivity contribution is 1.09. The van der Waals surface area contributed by atoms with E-state index >= 15 is 0 Å². The number of hydrogen-bond acceptors (Lipinski definition) is 3. The van der Waals surface area contributed by atoms with Gasteiger partial charge in [-0.3, -0.25) is 5.10 Å². The maximum absolute atomic E-state index is 4.29. The Morgan fingerprint density at radius 3 is 2.94 bits per heavy atom. The van der Waals surface area contributed by atoms with Crippen molar-refractivity contribution in [2.24, 2.45) is 0 Å². The first kappa shape index (κ1) is 9.47. The van der Waals surface area contributed by atoms with Gasteiger partial charge in [0, 0.05) is 21.6 Å². The maximum Gasteiger partial charge on any atom is 0.116 e. The van der Waals surface area contributed by atoms with Crippen LogP contribution in [0.25, 0.3) is 22.2 Å². The molecule has 0 aliphatic rings. The molecule has 1 N–H and O–H groups in total. The van der Waals surface area contributed by atoms with Crippen LogP contribution in [0.4, 0.5) is 0 Å². The number of aromatic nitrogens is 4. The minimum absolute atomic E-state index is 0.895. The van der Waals surface area contributed by atoms with Gasteiger partial charge in [0.15, 0.2) is 0 Å². The summed E-state index contributed by atoms with van der Waals surface area (Å²) in [7, 11) is 0. The molecule has 5 heteroatoms. The van der Waals surface area contributed by atoms with Gasteiger partial charge in [-0.2, -0.15) is 5.10 Å². The SMILES string of the molecule is Brc1ccc2c(-c3cn[nH]c3)ncnc2c1. The monoisotopic (exact) mass is 274 g/mol. The first-order valence-corrected chi connectivity index (χ1v) is 5.53. The van der Waals surface area contributed by atoms with Crippen molar-refractivity contribution < 1.29 is 0 Å². The smallest absolute Gasteiger partial charge is 0.116 e. The van der Waals surface area contributed by atoms with Crippen molar-refractivity contribution in [2.45, 2.75) is 0 Å². The average molecular weight is 275 g/mol. The fourth-order valence-corrected chi connectivity index (χ4v) is 1.99. The van der Waals surface area contributed by atoms with Crippen LogP contribution in [0.5, 0.6) is 0 Å². The molecule has 0 radical (unpaired) electrons. The lowest BCUT2D eigenvalue weighted by atomic mass is 10.1. The number of benzene rings is 1. The van der Waals surface area contributed by atoms with Gasteiger partial charge in [-0.15, -0.1) is 0 Å². The fraction of sp³-hybridized carbons (Fsp3) is 0. The third-order valence-electron chi connectivity index (χ3n) is 2.37. The first-order valence-electron chi connectivity index (χ1n) is 4.74. The van der Waals surface area contributed by atoms with Gasteiger partial charge in [-0.05, 0) is 18.2 Å². The summed E-state index contributed by atoms with van der Waals surface area (Å²) in [6.07, 6.45) is 5.14. The van der Waals surface area contributed by atoms with Crippen molar-refractivity contribution in [3.8, 4) is 11.3 Å². The Morgan fingerprint density at radius 1 is 1.19 bits per heavy atom. The lowest BCUT2D eigenvalue weighted by Gasteiger charge is -2.02. The van der Waals surface area contributed by atoms with E-state index in [9.17, 15) is 0 Å². The predicted molar refractivity (Wildman–Crippen MR) is 64.8 cm³/mol. The average Bonchev–Trinajstić information content (AvgIpc) is 2.81. The standard InChI is InChI=1S/C11H7BrN4/c12-8-1-2-9-10(3-8)13-6-14-11(9)7-4-15-16-5-7/h1-6H,(H,15,16). The van der Waals surface area contributed by atoms with E-state index in [-0.39, 0.29) is 0 Å². The molecule has 2 aromatic heterocycles. The van der Waals surface area contributed by atoms with Gasteiger partial charge in [-0.25, -0.2) is 9.97 Å². The summed E-state index contributed by atoms with van der Waals surface area (Å²) in [4.78, 5) is 8.53. The summed E-state index contributed by atoms with van der Waals surface area (Å²) in [6.45, 7) is 0. The Morgan fingerprint density at radius 2 is 2.12 bits per heavy atom. The number of rotatable bonds is 1. The van der Waals surface area contributed by atoms with Gasteiger partial charge in [0.25, 0.3) is 0 Å². The highest BCUT2D eigenvalue weighted by Crippen LogP contribution is 2.26. The molecule has 0 amide bonds. The number of hydrogen-bond donors (Lipinski definition) is 1. The second-order valence-corrected chi connectivity index (χ2v) is 4.29. The van der Waals surface area contributed by atoms with Crippen LogP contribution in [-0.4, -0.2) is 20.2 Å². The number of fused-ring (bicyclic) bond motifs is 1. The van der Waals surface area contributed by atoms with Gasteiger partial charge in [0.05, 0.1) is 17.4 Å². The number of nitrogens with zero attached hydrogens (tertiary/aromatic N) is 3. The summed E-state index contributed by atoms with van der Waals surface area (Å²) in [6, 6.07) is 5.96. The number of halogens is 1. The Hall–Kier alpha value is -1.75. The zero-order chi connectivity index (χ0) is 11.0. The highest BCUT2D eigenvalue weighted by atomic mass is 79.9. The van der Waals surface area contributed by atoms with Crippen molar-refractivity contribution >= 4 is 26.8 Å². The summed E-state index contributed by atoms with van der Waals surface area (Å²) < 4.78 is 1.01. The summed E-state index contributed by atoms with van der Waals surface area (Å²) in [5, 5.41) is 7.73. The second kappa shape index (κ2) is 3.68. The van der Waals surface area contributed by atoms with Crippen molar-refractivity contribution in [2.75, 3.05) is 0 Å². The predicted octanol–water partition coefficient (Wildman–Crippen LogP) is 2.78. The van der Waals surface area contributed by atoms with Gasteiger partial charge in [0.1, 0.15) is 6.33 Å². The molecule has 0 saturated heterocycles. The number of nitrogens with one attached hydrogen (secondary N) is 1. The van der Waals surface area contributed by atoms with Crippen molar-refractivity contribution in [3.05, 3.63) is 41.4 Å². The molecule has 0 unspecified atom stereocenters. The second-order valence-electron chi connectivity index (χ2n) is 3.37. The molecule has 0 bridgehead atoms. The molecule has 4 nitrogen and oxygen atoms in total. The largest absolute Gasteiger partial charge is 0.285 e. The lowest BCUT2D eigenvalue weighted by Crippen LogP contribution is -1.87. The van der Waals surface area contributed by atoms with Crippen molar-refractivity contribution in [1.29, 1.82) is 0 Å². The molecular formula is C11H7BrN4. The third kappa shape index (κ3) is 1.49. The van der Waals surface area contributed by atoms with Crippen LogP contribution in [0.2, 0.25) is 0 Å². The van der Waals surface area contributed by atoms with Crippen molar-refractivity contribution in [3.63, 3.8) is 0 Å². The van der Waals surface area contributed by atoms with Gasteiger partial charge < -0.3 is 0 Å². The van der Waals surface area contributed by atoms with Crippen LogP contribution in [0.3, 0.4) is 0 Å². The molecule has 3 aromatic rings. The van der Waals surface area contributed by atoms with Gasteiger partial charge >= 0.3 is 0 Å². The van der Waals surface area contributed by atoms with E-state index in [0.29, 0.717) is 0 Å². The normalized spacial score (nSPS) is 10.8. The quantitative estimate of drug-likeness (QED) is 0.743. The molecular weight excluding hydrogens is 268 g/mol. The van der Waals surface area contributed by atoms with E-state index in [2.05, 4.69) is 36.1 Å². The van der Waals surface area contributed by atoms with E-state index in [1.54, 1.807) is 12.5 Å². The van der Waals surface area contributed by atoms with E-state index < -0.39 is 0 Å². The molecule has 0 atom stereocenters. The van der Waals surface area contributed by atoms with Gasteiger partial charge in [-0.1, -0.05) is 15.9 Å². The maximum atomic E-state index is 4.29. The van der Waals surface area contributed by atoms with E-state index in [1.807, 2.05) is 24.4 Å². The molecule has 0 saturated carbocycles. The van der Waals surface area contributed by atoms with Crippen LogP contribution in [-0.2, 0) is 0 Å². The first-order chi connectivity index (χ1) is 7.84. The summed E-state index contributed by atoms with van der Waals surface area (Å²) in [5.74, 6) is 0. The molecule has 0 aliphatic heterocycles. The van der Waals surface area contributed by atoms with Crippen LogP contribution in [0.1, 0.15) is 0 Å². The Kier molecular flexibility index (Phi) is 2.18. The molecule has 0 aliphatic carbocycles. The van der Waals surface area contributed by atoms with Crippen LogP contribution >= 0.6 is 15.9 Å². The third-order valence-corrected chi connectivity index (χ3v) is 2.86. The zero-order valence-electron chi connectivity index (χ0n) is 8.18. The Labute approximate surface area is 99.9 Å².